The van der Waals surface area contributed by atoms with Crippen molar-refractivity contribution in [3.63, 3.8) is 0 Å². The number of aliphatic hydroxyl groups excluding tert-OH is 2. The molecule has 2 atom stereocenters. The van der Waals surface area contributed by atoms with Crippen LogP contribution >= 0.6 is 0 Å². The third-order valence-corrected chi connectivity index (χ3v) is 9.70. The molecule has 0 aliphatic heterocycles. The summed E-state index contributed by atoms with van der Waals surface area (Å²) in [5.41, 5.74) is 0.445. The standard InChI is InChI=1S/C30H43FN4O5/c1-28-10-18-11-29(2,15-28)17-30(12-18,16-28)35-27(40)34-24-8-5-20(9-23(24)31)26(39)32-21-6-3-19(4-7-21)25(38)33-22(13-36)14-37/h5,8-9,18-19,21-22,36-37H,3-4,6-7,10-17H2,1-2H3,(H,32,39)(H,33,38)(H2,34,35,40). The maximum atomic E-state index is 15.0. The van der Waals surface area contributed by atoms with Crippen LogP contribution in [0.5, 0.6) is 0 Å². The van der Waals surface area contributed by atoms with Crippen molar-refractivity contribution in [2.75, 3.05) is 18.5 Å². The Balaban J connectivity index is 1.12. The molecule has 0 spiro atoms. The molecule has 0 saturated heterocycles. The summed E-state index contributed by atoms with van der Waals surface area (Å²) >= 11 is 0. The lowest BCUT2D eigenvalue weighted by Gasteiger charge is -2.65. The van der Waals surface area contributed by atoms with Gasteiger partial charge >= 0.3 is 6.03 Å². The molecular weight excluding hydrogens is 515 g/mol. The molecule has 1 aromatic rings. The van der Waals surface area contributed by atoms with Crippen molar-refractivity contribution >= 4 is 23.5 Å². The maximum Gasteiger partial charge on any atom is 0.319 e. The molecule has 5 saturated carbocycles. The molecule has 5 aliphatic carbocycles. The van der Waals surface area contributed by atoms with Gasteiger partial charge in [0.15, 0.2) is 0 Å². The summed E-state index contributed by atoms with van der Waals surface area (Å²) in [5, 5.41) is 29.8. The molecule has 6 N–H and O–H groups in total. The van der Waals surface area contributed by atoms with E-state index in [1.165, 1.54) is 31.4 Å². The average Bonchev–Trinajstić information content (AvgIpc) is 2.86. The van der Waals surface area contributed by atoms with E-state index in [1.54, 1.807) is 0 Å². The van der Waals surface area contributed by atoms with Crippen molar-refractivity contribution in [2.45, 2.75) is 95.7 Å². The molecule has 5 aliphatic rings. The van der Waals surface area contributed by atoms with Crippen LogP contribution in [0.3, 0.4) is 0 Å². The quantitative estimate of drug-likeness (QED) is 0.290. The number of nitrogens with one attached hydrogen (secondary N) is 4. The van der Waals surface area contributed by atoms with Crippen LogP contribution in [-0.2, 0) is 4.79 Å². The summed E-state index contributed by atoms with van der Waals surface area (Å²) in [6.07, 6.45) is 8.85. The number of halogens is 1. The van der Waals surface area contributed by atoms with Crippen molar-refractivity contribution < 1.29 is 29.0 Å². The summed E-state index contributed by atoms with van der Waals surface area (Å²) in [6, 6.07) is 2.85. The number of carbonyl (C=O) groups is 3. The summed E-state index contributed by atoms with van der Waals surface area (Å²) in [4.78, 5) is 38.1. The number of hydrogen-bond acceptors (Lipinski definition) is 5. The molecule has 4 bridgehead atoms. The van der Waals surface area contributed by atoms with Gasteiger partial charge in [-0.1, -0.05) is 13.8 Å². The zero-order chi connectivity index (χ0) is 28.7. The Morgan fingerprint density at radius 3 is 2.20 bits per heavy atom. The second-order valence-electron chi connectivity index (χ2n) is 13.8. The number of amides is 4. The number of aliphatic hydroxyl groups is 2. The van der Waals surface area contributed by atoms with Crippen LogP contribution in [0.1, 0.15) is 88.4 Å². The van der Waals surface area contributed by atoms with E-state index in [4.69, 9.17) is 10.2 Å². The highest BCUT2D eigenvalue weighted by Gasteiger charge is 2.60. The van der Waals surface area contributed by atoms with E-state index < -0.39 is 23.8 Å². The number of rotatable bonds is 8. The third-order valence-electron chi connectivity index (χ3n) is 9.70. The Kier molecular flexibility index (Phi) is 7.87. The first-order valence-electron chi connectivity index (χ1n) is 14.6. The van der Waals surface area contributed by atoms with Crippen LogP contribution in [0.4, 0.5) is 14.9 Å². The molecular formula is C30H43FN4O5. The molecule has 0 aromatic heterocycles. The third kappa shape index (κ3) is 6.12. The number of benzene rings is 1. The van der Waals surface area contributed by atoms with Gasteiger partial charge in [0.2, 0.25) is 5.91 Å². The number of carbonyl (C=O) groups excluding carboxylic acids is 3. The Labute approximate surface area is 235 Å². The maximum absolute atomic E-state index is 15.0. The molecule has 220 valence electrons. The van der Waals surface area contributed by atoms with Gasteiger partial charge in [-0.05, 0) is 99.2 Å². The summed E-state index contributed by atoms with van der Waals surface area (Å²) in [7, 11) is 0. The van der Waals surface area contributed by atoms with Crippen LogP contribution in [0.25, 0.3) is 0 Å². The molecule has 0 radical (unpaired) electrons. The van der Waals surface area contributed by atoms with Crippen LogP contribution in [0.2, 0.25) is 0 Å². The lowest BCUT2D eigenvalue weighted by molar-refractivity contribution is -0.127. The largest absolute Gasteiger partial charge is 0.394 e. The first-order chi connectivity index (χ1) is 18.9. The lowest BCUT2D eigenvalue weighted by Crippen LogP contribution is -2.65. The number of anilines is 1. The van der Waals surface area contributed by atoms with Gasteiger partial charge in [0.25, 0.3) is 5.91 Å². The molecule has 5 fully saturated rings. The van der Waals surface area contributed by atoms with Gasteiger partial charge in [-0.25, -0.2) is 9.18 Å². The Morgan fingerprint density at radius 1 is 0.975 bits per heavy atom. The number of urea groups is 1. The monoisotopic (exact) mass is 558 g/mol. The fourth-order valence-corrected chi connectivity index (χ4v) is 8.98. The molecule has 9 nitrogen and oxygen atoms in total. The van der Waals surface area contributed by atoms with Crippen molar-refractivity contribution in [1.82, 2.24) is 16.0 Å². The summed E-state index contributed by atoms with van der Waals surface area (Å²) < 4.78 is 15.0. The van der Waals surface area contributed by atoms with Gasteiger partial charge in [0.05, 0.1) is 24.9 Å². The Hall–Kier alpha value is -2.72. The second-order valence-corrected chi connectivity index (χ2v) is 13.8. The van der Waals surface area contributed by atoms with Crippen LogP contribution < -0.4 is 21.3 Å². The van der Waals surface area contributed by atoms with Gasteiger partial charge < -0.3 is 31.5 Å². The Bertz CT molecular complexity index is 1130. The molecule has 6 rings (SSSR count). The van der Waals surface area contributed by atoms with Crippen molar-refractivity contribution in [3.8, 4) is 0 Å². The highest BCUT2D eigenvalue weighted by Crippen LogP contribution is 2.66. The highest BCUT2D eigenvalue weighted by atomic mass is 19.1. The minimum absolute atomic E-state index is 0.0341. The number of hydrogen-bond donors (Lipinski definition) is 6. The smallest absolute Gasteiger partial charge is 0.319 e. The molecule has 40 heavy (non-hydrogen) atoms. The zero-order valence-electron chi connectivity index (χ0n) is 23.5. The van der Waals surface area contributed by atoms with E-state index >= 15 is 0 Å². The van der Waals surface area contributed by atoms with E-state index in [0.717, 1.165) is 25.3 Å². The van der Waals surface area contributed by atoms with Gasteiger partial charge in [-0.3, -0.25) is 9.59 Å². The van der Waals surface area contributed by atoms with E-state index in [1.807, 2.05) is 0 Å². The molecule has 0 heterocycles. The SMILES string of the molecule is CC12CC3CC(C)(C1)CC(NC(=O)Nc1ccc(C(=O)NC4CCC(C(=O)NC(CO)CO)CC4)cc1F)(C3)C2. The average molecular weight is 559 g/mol. The normalized spacial score (nSPS) is 34.4. The van der Waals surface area contributed by atoms with Gasteiger partial charge in [0, 0.05) is 23.1 Å². The first kappa shape index (κ1) is 28.8. The van der Waals surface area contributed by atoms with Crippen molar-refractivity contribution in [2.24, 2.45) is 22.7 Å². The van der Waals surface area contributed by atoms with E-state index in [0.29, 0.717) is 31.6 Å². The van der Waals surface area contributed by atoms with Crippen molar-refractivity contribution in [3.05, 3.63) is 29.6 Å². The molecule has 4 amide bonds. The second kappa shape index (κ2) is 10.9. The zero-order valence-corrected chi connectivity index (χ0v) is 23.5. The summed E-state index contributed by atoms with van der Waals surface area (Å²) in [5.74, 6) is -0.905. The molecule has 2 unspecified atom stereocenters. The minimum atomic E-state index is -0.674. The van der Waals surface area contributed by atoms with Crippen LogP contribution in [0, 0.1) is 28.5 Å². The topological polar surface area (TPSA) is 140 Å². The highest BCUT2D eigenvalue weighted by molar-refractivity contribution is 5.96. The predicted octanol–water partition coefficient (Wildman–Crippen LogP) is 3.45. The van der Waals surface area contributed by atoms with E-state index in [9.17, 15) is 18.8 Å². The van der Waals surface area contributed by atoms with Crippen molar-refractivity contribution in [1.29, 1.82) is 0 Å². The van der Waals surface area contributed by atoms with Gasteiger partial charge in [0.1, 0.15) is 5.82 Å². The lowest BCUT2D eigenvalue weighted by atomic mass is 9.43. The minimum Gasteiger partial charge on any atom is -0.394 e. The first-order valence-corrected chi connectivity index (χ1v) is 14.6. The molecule has 1 aromatic carbocycles. The van der Waals surface area contributed by atoms with E-state index in [2.05, 4.69) is 35.1 Å². The predicted molar refractivity (Wildman–Crippen MR) is 148 cm³/mol. The van der Waals surface area contributed by atoms with Crippen LogP contribution in [0.15, 0.2) is 18.2 Å². The van der Waals surface area contributed by atoms with Gasteiger partial charge in [-0.15, -0.1) is 0 Å². The fraction of sp³-hybridized carbons (Fsp3) is 0.700. The fourth-order valence-electron chi connectivity index (χ4n) is 8.98. The van der Waals surface area contributed by atoms with Crippen LogP contribution in [-0.4, -0.2) is 58.9 Å². The Morgan fingerprint density at radius 2 is 1.62 bits per heavy atom. The molecule has 10 heteroatoms. The van der Waals surface area contributed by atoms with E-state index in [-0.39, 0.29) is 58.7 Å². The van der Waals surface area contributed by atoms with Gasteiger partial charge in [-0.2, -0.15) is 0 Å². The summed E-state index contributed by atoms with van der Waals surface area (Å²) in [6.45, 7) is 4.01.